The van der Waals surface area contributed by atoms with Gasteiger partial charge in [0.15, 0.2) is 0 Å². The minimum absolute atomic E-state index is 0.0719. The van der Waals surface area contributed by atoms with Gasteiger partial charge in [-0.3, -0.25) is 0 Å². The average Bonchev–Trinajstić information content (AvgIpc) is 3.06. The Morgan fingerprint density at radius 3 is 2.64 bits per heavy atom. The number of aliphatic hydroxyl groups is 1. The molecule has 2 aromatic rings. The van der Waals surface area contributed by atoms with Crippen LogP contribution < -0.4 is 4.83 Å². The number of sulfonamides is 1. The third kappa shape index (κ3) is 3.48. The summed E-state index contributed by atoms with van der Waals surface area (Å²) < 4.78 is 25.5. The lowest BCUT2D eigenvalue weighted by atomic mass is 9.91. The van der Waals surface area contributed by atoms with Crippen molar-refractivity contribution >= 4 is 48.9 Å². The molecule has 0 atom stereocenters. The number of aromatic nitrogens is 2. The van der Waals surface area contributed by atoms with Gasteiger partial charge in [0.2, 0.25) is 0 Å². The Labute approximate surface area is 146 Å². The Hall–Kier alpha value is -0.610. The van der Waals surface area contributed by atoms with E-state index in [1.165, 1.54) is 18.5 Å². The van der Waals surface area contributed by atoms with Gasteiger partial charge in [-0.05, 0) is 34.8 Å². The minimum Gasteiger partial charge on any atom is -0.385 e. The van der Waals surface area contributed by atoms with E-state index in [4.69, 9.17) is 11.6 Å². The summed E-state index contributed by atoms with van der Waals surface area (Å²) in [5.41, 5.74) is -0.454. The van der Waals surface area contributed by atoms with Gasteiger partial charge in [-0.2, -0.15) is 23.1 Å². The summed E-state index contributed by atoms with van der Waals surface area (Å²) in [4.78, 5) is 3.39. The van der Waals surface area contributed by atoms with Crippen molar-refractivity contribution in [2.24, 2.45) is 0 Å². The lowest BCUT2D eigenvalue weighted by Gasteiger charge is -2.23. The molecule has 0 aliphatic rings. The molecule has 0 aliphatic heterocycles. The SMILES string of the molecule is CCC(O)(CC)c1cnn(NS(=O)(=O)c2cc(Br)c(Cl)s2)c1. The van der Waals surface area contributed by atoms with Crippen LogP contribution in [0.5, 0.6) is 0 Å². The van der Waals surface area contributed by atoms with Crippen LogP contribution in [0.15, 0.2) is 27.1 Å². The molecule has 2 heterocycles. The first-order chi connectivity index (χ1) is 10.2. The molecule has 0 amide bonds. The van der Waals surface area contributed by atoms with Crippen molar-refractivity contribution in [3.05, 3.63) is 32.8 Å². The van der Waals surface area contributed by atoms with Crippen molar-refractivity contribution in [2.45, 2.75) is 36.5 Å². The Kier molecular flexibility index (Phi) is 5.23. The van der Waals surface area contributed by atoms with Gasteiger partial charge in [0.25, 0.3) is 10.0 Å². The van der Waals surface area contributed by atoms with Crippen molar-refractivity contribution < 1.29 is 13.5 Å². The summed E-state index contributed by atoms with van der Waals surface area (Å²) in [7, 11) is -3.79. The van der Waals surface area contributed by atoms with Crippen molar-refractivity contribution in [3.63, 3.8) is 0 Å². The highest BCUT2D eigenvalue weighted by molar-refractivity contribution is 9.10. The molecule has 0 aromatic carbocycles. The van der Waals surface area contributed by atoms with Gasteiger partial charge >= 0.3 is 0 Å². The Balaban J connectivity index is 2.26. The standard InChI is InChI=1S/C12H15BrClN3O3S2/c1-3-12(18,4-2)8-6-15-17(7-8)16-22(19,20)10-5-9(13)11(14)21-10/h5-7,16,18H,3-4H2,1-2H3. The molecule has 0 unspecified atom stereocenters. The van der Waals surface area contributed by atoms with Crippen molar-refractivity contribution in [1.82, 2.24) is 9.89 Å². The highest BCUT2D eigenvalue weighted by Gasteiger charge is 2.27. The van der Waals surface area contributed by atoms with E-state index in [9.17, 15) is 13.5 Å². The molecule has 2 aromatic heterocycles. The van der Waals surface area contributed by atoms with Gasteiger partial charge in [-0.1, -0.05) is 25.4 Å². The smallest absolute Gasteiger partial charge is 0.286 e. The van der Waals surface area contributed by atoms with Crippen molar-refractivity contribution in [3.8, 4) is 0 Å². The maximum atomic E-state index is 12.3. The zero-order valence-electron chi connectivity index (χ0n) is 11.9. The van der Waals surface area contributed by atoms with Gasteiger partial charge in [0, 0.05) is 10.0 Å². The first kappa shape index (κ1) is 17.7. The van der Waals surface area contributed by atoms with Crippen molar-refractivity contribution in [1.29, 1.82) is 0 Å². The summed E-state index contributed by atoms with van der Waals surface area (Å²) in [6.45, 7) is 3.71. The first-order valence-corrected chi connectivity index (χ1v) is 9.94. The highest BCUT2D eigenvalue weighted by atomic mass is 79.9. The molecule has 22 heavy (non-hydrogen) atoms. The average molecular weight is 429 g/mol. The zero-order valence-corrected chi connectivity index (χ0v) is 15.9. The predicted molar refractivity (Wildman–Crippen MR) is 90.3 cm³/mol. The van der Waals surface area contributed by atoms with E-state index in [1.54, 1.807) is 0 Å². The molecule has 6 nitrogen and oxygen atoms in total. The van der Waals surface area contributed by atoms with Gasteiger partial charge in [-0.25, -0.2) is 0 Å². The molecule has 122 valence electrons. The molecule has 0 radical (unpaired) electrons. The molecular weight excluding hydrogens is 414 g/mol. The molecule has 0 saturated carbocycles. The largest absolute Gasteiger partial charge is 0.385 e. The third-order valence-corrected chi connectivity index (χ3v) is 7.64. The molecule has 2 rings (SSSR count). The van der Waals surface area contributed by atoms with Crippen LogP contribution in [-0.2, 0) is 15.6 Å². The summed E-state index contributed by atoms with van der Waals surface area (Å²) in [6.07, 6.45) is 3.94. The van der Waals surface area contributed by atoms with E-state index < -0.39 is 15.6 Å². The van der Waals surface area contributed by atoms with Crippen molar-refractivity contribution in [2.75, 3.05) is 4.83 Å². The minimum atomic E-state index is -3.79. The van der Waals surface area contributed by atoms with E-state index in [1.807, 2.05) is 13.8 Å². The predicted octanol–water partition coefficient (Wildman–Crippen LogP) is 3.30. The van der Waals surface area contributed by atoms with E-state index >= 15 is 0 Å². The van der Waals surface area contributed by atoms with Crippen LogP contribution >= 0.6 is 38.9 Å². The Morgan fingerprint density at radius 1 is 1.50 bits per heavy atom. The summed E-state index contributed by atoms with van der Waals surface area (Å²) in [6, 6.07) is 1.42. The van der Waals surface area contributed by atoms with Crippen LogP contribution in [0.3, 0.4) is 0 Å². The van der Waals surface area contributed by atoms with Crippen LogP contribution in [0.4, 0.5) is 0 Å². The highest BCUT2D eigenvalue weighted by Crippen LogP contribution is 2.34. The summed E-state index contributed by atoms with van der Waals surface area (Å²) in [5.74, 6) is 0. The van der Waals surface area contributed by atoms with Crippen LogP contribution in [0.2, 0.25) is 4.34 Å². The van der Waals surface area contributed by atoms with Gasteiger partial charge in [0.05, 0.1) is 18.0 Å². The van der Waals surface area contributed by atoms with Crippen LogP contribution in [0.1, 0.15) is 32.3 Å². The van der Waals surface area contributed by atoms with E-state index in [0.717, 1.165) is 16.1 Å². The van der Waals surface area contributed by atoms with E-state index in [0.29, 0.717) is 27.2 Å². The number of nitrogens with zero attached hydrogens (tertiary/aromatic N) is 2. The van der Waals surface area contributed by atoms with Gasteiger partial charge in [-0.15, -0.1) is 11.3 Å². The quantitative estimate of drug-likeness (QED) is 0.739. The number of thiophene rings is 1. The fraction of sp³-hybridized carbons (Fsp3) is 0.417. The number of rotatable bonds is 6. The Morgan fingerprint density at radius 2 is 2.14 bits per heavy atom. The van der Waals surface area contributed by atoms with Crippen LogP contribution in [-0.4, -0.2) is 23.4 Å². The molecule has 0 aliphatic carbocycles. The monoisotopic (exact) mass is 427 g/mol. The molecule has 0 bridgehead atoms. The topological polar surface area (TPSA) is 84.2 Å². The molecular formula is C12H15BrClN3O3S2. The lowest BCUT2D eigenvalue weighted by molar-refractivity contribution is 0.0283. The number of halogens is 2. The molecule has 10 heteroatoms. The second-order valence-corrected chi connectivity index (χ2v) is 9.09. The molecule has 0 fully saturated rings. The Bertz CT molecular complexity index is 749. The summed E-state index contributed by atoms with van der Waals surface area (Å²) in [5, 5.41) is 14.4. The normalized spacial score (nSPS) is 12.6. The van der Waals surface area contributed by atoms with Gasteiger partial charge in [0.1, 0.15) is 8.55 Å². The van der Waals surface area contributed by atoms with Crippen LogP contribution in [0, 0.1) is 0 Å². The molecule has 0 spiro atoms. The zero-order chi connectivity index (χ0) is 16.5. The first-order valence-electron chi connectivity index (χ1n) is 6.47. The second kappa shape index (κ2) is 6.48. The van der Waals surface area contributed by atoms with E-state index in [2.05, 4.69) is 25.9 Å². The van der Waals surface area contributed by atoms with Crippen LogP contribution in [0.25, 0.3) is 0 Å². The fourth-order valence-electron chi connectivity index (χ4n) is 1.90. The number of hydrogen-bond donors (Lipinski definition) is 2. The lowest BCUT2D eigenvalue weighted by Crippen LogP contribution is -2.24. The molecule has 0 saturated heterocycles. The van der Waals surface area contributed by atoms with E-state index in [-0.39, 0.29) is 4.21 Å². The summed E-state index contributed by atoms with van der Waals surface area (Å²) >= 11 is 9.98. The fourth-order valence-corrected chi connectivity index (χ4v) is 5.13. The number of nitrogens with one attached hydrogen (secondary N) is 1. The third-order valence-electron chi connectivity index (χ3n) is 3.39. The second-order valence-electron chi connectivity index (χ2n) is 4.69. The molecule has 2 N–H and O–H groups in total. The maximum absolute atomic E-state index is 12.3. The van der Waals surface area contributed by atoms with Gasteiger partial charge < -0.3 is 5.11 Å². The maximum Gasteiger partial charge on any atom is 0.286 e. The number of hydrogen-bond acceptors (Lipinski definition) is 5.